The second-order valence-electron chi connectivity index (χ2n) is 5.04. The molecule has 0 aliphatic heterocycles. The molecule has 0 unspecified atom stereocenters. The van der Waals surface area contributed by atoms with Crippen LogP contribution in [0.4, 0.5) is 5.13 Å². The number of aryl methyl sites for hydroxylation is 1. The van der Waals surface area contributed by atoms with Gasteiger partial charge in [0.25, 0.3) is 5.91 Å². The maximum absolute atomic E-state index is 12.3. The third-order valence-electron chi connectivity index (χ3n) is 3.32. The zero-order valence-corrected chi connectivity index (χ0v) is 13.4. The summed E-state index contributed by atoms with van der Waals surface area (Å²) in [6, 6.07) is 8.57. The van der Waals surface area contributed by atoms with E-state index in [0.717, 1.165) is 24.3 Å². The van der Waals surface area contributed by atoms with Crippen LogP contribution in [0.2, 0.25) is 0 Å². The first-order valence-corrected chi connectivity index (χ1v) is 8.15. The molecular formula is C16H15N3O3S. The number of hydrogen-bond donors (Lipinski definition) is 1. The summed E-state index contributed by atoms with van der Waals surface area (Å²) >= 11 is 1.32. The van der Waals surface area contributed by atoms with E-state index >= 15 is 0 Å². The SMILES string of the molecule is CCCCc1nnc(NC(=O)c2cc3ccccc3oc2=O)s1. The zero-order valence-electron chi connectivity index (χ0n) is 12.5. The molecule has 1 aromatic carbocycles. The highest BCUT2D eigenvalue weighted by Crippen LogP contribution is 2.18. The lowest BCUT2D eigenvalue weighted by molar-refractivity contribution is 0.102. The Morgan fingerprint density at radius 1 is 1.30 bits per heavy atom. The molecule has 0 saturated carbocycles. The molecule has 0 atom stereocenters. The van der Waals surface area contributed by atoms with Gasteiger partial charge in [-0.3, -0.25) is 10.1 Å². The number of nitrogens with one attached hydrogen (secondary N) is 1. The molecule has 118 valence electrons. The molecule has 0 fully saturated rings. The number of aromatic nitrogens is 2. The summed E-state index contributed by atoms with van der Waals surface area (Å²) in [5.74, 6) is -0.539. The fourth-order valence-corrected chi connectivity index (χ4v) is 2.89. The number of rotatable bonds is 5. The van der Waals surface area contributed by atoms with Gasteiger partial charge in [0.05, 0.1) is 0 Å². The number of carbonyl (C=O) groups excluding carboxylic acids is 1. The normalized spacial score (nSPS) is 10.8. The highest BCUT2D eigenvalue weighted by Gasteiger charge is 2.15. The fourth-order valence-electron chi connectivity index (χ4n) is 2.12. The van der Waals surface area contributed by atoms with E-state index in [-0.39, 0.29) is 5.56 Å². The van der Waals surface area contributed by atoms with Crippen LogP contribution in [-0.2, 0) is 6.42 Å². The van der Waals surface area contributed by atoms with E-state index in [1.54, 1.807) is 18.2 Å². The molecule has 1 amide bonds. The van der Waals surface area contributed by atoms with Gasteiger partial charge in [0.2, 0.25) is 5.13 Å². The Kier molecular flexibility index (Phi) is 4.47. The smallest absolute Gasteiger partial charge is 0.349 e. The van der Waals surface area contributed by atoms with Crippen LogP contribution in [0.3, 0.4) is 0 Å². The molecule has 23 heavy (non-hydrogen) atoms. The quantitative estimate of drug-likeness (QED) is 0.726. The van der Waals surface area contributed by atoms with Crippen molar-refractivity contribution in [2.24, 2.45) is 0 Å². The van der Waals surface area contributed by atoms with Crippen molar-refractivity contribution in [3.05, 3.63) is 51.3 Å². The van der Waals surface area contributed by atoms with Crippen LogP contribution in [0, 0.1) is 0 Å². The minimum absolute atomic E-state index is 0.0472. The largest absolute Gasteiger partial charge is 0.422 e. The molecule has 7 heteroatoms. The third kappa shape index (κ3) is 3.45. The monoisotopic (exact) mass is 329 g/mol. The lowest BCUT2D eigenvalue weighted by Crippen LogP contribution is -2.20. The van der Waals surface area contributed by atoms with Gasteiger partial charge in [-0.1, -0.05) is 42.9 Å². The average Bonchev–Trinajstić information content (AvgIpc) is 2.99. The van der Waals surface area contributed by atoms with Gasteiger partial charge in [-0.15, -0.1) is 10.2 Å². The first kappa shape index (κ1) is 15.4. The summed E-state index contributed by atoms with van der Waals surface area (Å²) < 4.78 is 5.16. The Morgan fingerprint density at radius 3 is 2.96 bits per heavy atom. The standard InChI is InChI=1S/C16H15N3O3S/c1-2-3-8-13-18-19-16(23-13)17-14(20)11-9-10-6-4-5-7-12(10)22-15(11)21/h4-7,9H,2-3,8H2,1H3,(H,17,19,20). The molecule has 2 heterocycles. The number of hydrogen-bond acceptors (Lipinski definition) is 6. The van der Waals surface area contributed by atoms with Gasteiger partial charge in [0.15, 0.2) is 0 Å². The van der Waals surface area contributed by atoms with Crippen LogP contribution >= 0.6 is 11.3 Å². The van der Waals surface area contributed by atoms with Crippen LogP contribution in [-0.4, -0.2) is 16.1 Å². The number of unbranched alkanes of at least 4 members (excludes halogenated alkanes) is 1. The summed E-state index contributed by atoms with van der Waals surface area (Å²) in [4.78, 5) is 24.2. The Hall–Kier alpha value is -2.54. The van der Waals surface area contributed by atoms with Gasteiger partial charge in [0, 0.05) is 11.8 Å². The molecule has 0 saturated heterocycles. The number of nitrogens with zero attached hydrogens (tertiary/aromatic N) is 2. The summed E-state index contributed by atoms with van der Waals surface area (Å²) in [5, 5.41) is 12.5. The second-order valence-corrected chi connectivity index (χ2v) is 6.11. The van der Waals surface area contributed by atoms with Crippen molar-refractivity contribution in [2.45, 2.75) is 26.2 Å². The average molecular weight is 329 g/mol. The molecule has 3 aromatic rings. The van der Waals surface area contributed by atoms with Crippen molar-refractivity contribution in [1.82, 2.24) is 10.2 Å². The van der Waals surface area contributed by atoms with Gasteiger partial charge in [-0.05, 0) is 18.6 Å². The predicted octanol–water partition coefficient (Wildman–Crippen LogP) is 3.24. The lowest BCUT2D eigenvalue weighted by atomic mass is 10.2. The summed E-state index contributed by atoms with van der Waals surface area (Å²) in [6.07, 6.45) is 2.93. The van der Waals surface area contributed by atoms with Gasteiger partial charge in [-0.25, -0.2) is 4.79 Å². The molecular weight excluding hydrogens is 314 g/mol. The summed E-state index contributed by atoms with van der Waals surface area (Å²) in [6.45, 7) is 2.10. The Bertz CT molecular complexity index is 901. The van der Waals surface area contributed by atoms with Gasteiger partial charge in [-0.2, -0.15) is 0 Å². The van der Waals surface area contributed by atoms with E-state index in [9.17, 15) is 9.59 Å². The molecule has 0 bridgehead atoms. The maximum Gasteiger partial charge on any atom is 0.349 e. The molecule has 3 rings (SSSR count). The van der Waals surface area contributed by atoms with Crippen LogP contribution in [0.25, 0.3) is 11.0 Å². The summed E-state index contributed by atoms with van der Waals surface area (Å²) in [5.41, 5.74) is -0.266. The highest BCUT2D eigenvalue weighted by molar-refractivity contribution is 7.15. The van der Waals surface area contributed by atoms with Gasteiger partial charge >= 0.3 is 5.63 Å². The molecule has 0 aliphatic rings. The van der Waals surface area contributed by atoms with E-state index in [2.05, 4.69) is 22.4 Å². The van der Waals surface area contributed by atoms with Crippen molar-refractivity contribution < 1.29 is 9.21 Å². The van der Waals surface area contributed by atoms with Crippen molar-refractivity contribution in [3.63, 3.8) is 0 Å². The minimum atomic E-state index is -0.670. The van der Waals surface area contributed by atoms with Crippen molar-refractivity contribution in [1.29, 1.82) is 0 Å². The Balaban J connectivity index is 1.81. The third-order valence-corrected chi connectivity index (χ3v) is 4.22. The molecule has 2 aromatic heterocycles. The van der Waals surface area contributed by atoms with Crippen LogP contribution in [0.5, 0.6) is 0 Å². The van der Waals surface area contributed by atoms with E-state index in [1.165, 1.54) is 17.4 Å². The second kappa shape index (κ2) is 6.70. The van der Waals surface area contributed by atoms with E-state index in [1.807, 2.05) is 6.07 Å². The maximum atomic E-state index is 12.3. The lowest BCUT2D eigenvalue weighted by Gasteiger charge is -2.01. The number of benzene rings is 1. The van der Waals surface area contributed by atoms with Crippen molar-refractivity contribution >= 4 is 33.3 Å². The van der Waals surface area contributed by atoms with E-state index < -0.39 is 11.5 Å². The topological polar surface area (TPSA) is 85.1 Å². The number of amides is 1. The molecule has 1 N–H and O–H groups in total. The highest BCUT2D eigenvalue weighted by atomic mass is 32.1. The number of anilines is 1. The van der Waals surface area contributed by atoms with Crippen molar-refractivity contribution in [2.75, 3.05) is 5.32 Å². The molecule has 0 aliphatic carbocycles. The van der Waals surface area contributed by atoms with Crippen LogP contribution < -0.4 is 10.9 Å². The van der Waals surface area contributed by atoms with E-state index in [4.69, 9.17) is 4.42 Å². The molecule has 0 spiro atoms. The Labute approximate surface area is 136 Å². The predicted molar refractivity (Wildman–Crippen MR) is 89.0 cm³/mol. The first-order valence-electron chi connectivity index (χ1n) is 7.34. The minimum Gasteiger partial charge on any atom is -0.422 e. The van der Waals surface area contributed by atoms with Crippen LogP contribution in [0.1, 0.15) is 35.1 Å². The fraction of sp³-hybridized carbons (Fsp3) is 0.250. The van der Waals surface area contributed by atoms with Gasteiger partial charge < -0.3 is 4.42 Å². The van der Waals surface area contributed by atoms with Crippen molar-refractivity contribution in [3.8, 4) is 0 Å². The molecule has 6 nitrogen and oxygen atoms in total. The Morgan fingerprint density at radius 2 is 2.13 bits per heavy atom. The van der Waals surface area contributed by atoms with Crippen LogP contribution in [0.15, 0.2) is 39.5 Å². The number of para-hydroxylation sites is 1. The molecule has 0 radical (unpaired) electrons. The van der Waals surface area contributed by atoms with E-state index in [0.29, 0.717) is 16.1 Å². The first-order chi connectivity index (χ1) is 11.2. The van der Waals surface area contributed by atoms with Gasteiger partial charge in [0.1, 0.15) is 16.2 Å². The zero-order chi connectivity index (χ0) is 16.2. The number of carbonyl (C=O) groups is 1. The number of fused-ring (bicyclic) bond motifs is 1. The summed E-state index contributed by atoms with van der Waals surface area (Å²) in [7, 11) is 0.